The molecule has 0 saturated heterocycles. The molecule has 2 aromatic rings. The van der Waals surface area contributed by atoms with Gasteiger partial charge in [0.05, 0.1) is 9.82 Å². The fraction of sp³-hybridized carbons (Fsp3) is 0.389. The summed E-state index contributed by atoms with van der Waals surface area (Å²) < 4.78 is 27.1. The van der Waals surface area contributed by atoms with Crippen molar-refractivity contribution in [3.63, 3.8) is 0 Å². The molecule has 1 aromatic heterocycles. The largest absolute Gasteiger partial charge is 0.357 e. The predicted octanol–water partition coefficient (Wildman–Crippen LogP) is 2.91. The highest BCUT2D eigenvalue weighted by molar-refractivity contribution is 14.0. The highest BCUT2D eigenvalue weighted by atomic mass is 127. The number of nitro groups is 1. The van der Waals surface area contributed by atoms with Crippen LogP contribution in [0.5, 0.6) is 0 Å². The zero-order chi connectivity index (χ0) is 21.3. The summed E-state index contributed by atoms with van der Waals surface area (Å²) >= 11 is 1.65. The summed E-state index contributed by atoms with van der Waals surface area (Å²) in [6, 6.07) is 7.02. The average molecular weight is 567 g/mol. The molecule has 0 amide bonds. The lowest BCUT2D eigenvalue weighted by Gasteiger charge is -2.13. The van der Waals surface area contributed by atoms with Gasteiger partial charge in [-0.3, -0.25) is 15.1 Å². The maximum absolute atomic E-state index is 12.3. The summed E-state index contributed by atoms with van der Waals surface area (Å²) in [5.74, 6) is 0.883. The van der Waals surface area contributed by atoms with E-state index in [9.17, 15) is 18.5 Å². The number of benzene rings is 1. The van der Waals surface area contributed by atoms with E-state index in [2.05, 4.69) is 38.7 Å². The number of nitro benzene ring substituents is 1. The Morgan fingerprint density at radius 1 is 1.27 bits per heavy atom. The number of nitrogens with zero attached hydrogens (tertiary/aromatic N) is 2. The van der Waals surface area contributed by atoms with Gasteiger partial charge in [0.1, 0.15) is 0 Å². The fourth-order valence-electron chi connectivity index (χ4n) is 2.44. The van der Waals surface area contributed by atoms with E-state index in [0.29, 0.717) is 25.6 Å². The Kier molecular flexibility index (Phi) is 11.2. The second-order valence-corrected chi connectivity index (χ2v) is 8.80. The van der Waals surface area contributed by atoms with Crippen molar-refractivity contribution in [3.8, 4) is 0 Å². The van der Waals surface area contributed by atoms with Crippen LogP contribution in [-0.2, 0) is 10.0 Å². The fourth-order valence-corrected chi connectivity index (χ4v) is 4.30. The van der Waals surface area contributed by atoms with Crippen molar-refractivity contribution in [2.45, 2.75) is 24.7 Å². The lowest BCUT2D eigenvalue weighted by Crippen LogP contribution is -2.41. The van der Waals surface area contributed by atoms with Gasteiger partial charge in [0.25, 0.3) is 5.69 Å². The third kappa shape index (κ3) is 8.16. The standard InChI is InChI=1S/C18H25N5O4S2.HI/c1-3-19-18(21-12-14(2)15-7-10-28-13-15)20-8-9-22-29(26,27)17-6-4-5-16(11-17)23(24)25;/h4-7,10-11,13-14,22H,3,8-9,12H2,1-2H3,(H2,19,20,21);1H. The molecule has 0 bridgehead atoms. The van der Waals surface area contributed by atoms with Crippen LogP contribution in [0.15, 0.2) is 51.0 Å². The molecule has 1 aromatic carbocycles. The summed E-state index contributed by atoms with van der Waals surface area (Å²) in [4.78, 5) is 14.6. The van der Waals surface area contributed by atoms with Gasteiger partial charge in [-0.2, -0.15) is 11.3 Å². The monoisotopic (exact) mass is 567 g/mol. The van der Waals surface area contributed by atoms with Gasteiger partial charge in [0.2, 0.25) is 10.0 Å². The van der Waals surface area contributed by atoms with Crippen LogP contribution in [0, 0.1) is 10.1 Å². The number of sulfonamides is 1. The molecule has 0 aliphatic rings. The molecule has 0 radical (unpaired) electrons. The first-order valence-corrected chi connectivity index (χ1v) is 11.5. The van der Waals surface area contributed by atoms with E-state index in [4.69, 9.17) is 0 Å². The highest BCUT2D eigenvalue weighted by Gasteiger charge is 2.17. The molecule has 1 heterocycles. The maximum Gasteiger partial charge on any atom is 0.270 e. The third-order valence-electron chi connectivity index (χ3n) is 4.03. The van der Waals surface area contributed by atoms with Crippen molar-refractivity contribution in [1.29, 1.82) is 0 Å². The molecule has 12 heteroatoms. The summed E-state index contributed by atoms with van der Waals surface area (Å²) in [6.45, 7) is 5.75. The number of hydrogen-bond donors (Lipinski definition) is 3. The molecule has 0 fully saturated rings. The van der Waals surface area contributed by atoms with E-state index < -0.39 is 14.9 Å². The Balaban J connectivity index is 0.00000450. The summed E-state index contributed by atoms with van der Waals surface area (Å²) in [6.07, 6.45) is 0. The SMILES string of the molecule is CCNC(=NCC(C)c1ccsc1)NCCNS(=O)(=O)c1cccc([N+](=O)[O-])c1.I. The Morgan fingerprint density at radius 3 is 2.67 bits per heavy atom. The van der Waals surface area contributed by atoms with Crippen LogP contribution in [0.3, 0.4) is 0 Å². The predicted molar refractivity (Wildman–Crippen MR) is 130 cm³/mol. The van der Waals surface area contributed by atoms with Gasteiger partial charge in [-0.05, 0) is 35.4 Å². The van der Waals surface area contributed by atoms with Crippen LogP contribution in [-0.4, -0.2) is 45.5 Å². The van der Waals surface area contributed by atoms with Crippen LogP contribution in [0.2, 0.25) is 0 Å². The molecule has 30 heavy (non-hydrogen) atoms. The molecule has 3 N–H and O–H groups in total. The second kappa shape index (κ2) is 12.8. The smallest absolute Gasteiger partial charge is 0.270 e. The minimum atomic E-state index is -3.84. The van der Waals surface area contributed by atoms with Crippen molar-refractivity contribution in [2.75, 3.05) is 26.2 Å². The molecule has 0 aliphatic heterocycles. The van der Waals surface area contributed by atoms with Gasteiger partial charge in [-0.15, -0.1) is 24.0 Å². The second-order valence-electron chi connectivity index (χ2n) is 6.26. The Hall–Kier alpha value is -1.77. The normalized spacial score (nSPS) is 12.7. The van der Waals surface area contributed by atoms with Crippen LogP contribution in [0.1, 0.15) is 25.3 Å². The van der Waals surface area contributed by atoms with Crippen LogP contribution in [0.25, 0.3) is 0 Å². The van der Waals surface area contributed by atoms with Gasteiger partial charge in [0.15, 0.2) is 5.96 Å². The van der Waals surface area contributed by atoms with Crippen molar-refractivity contribution in [3.05, 3.63) is 56.8 Å². The van der Waals surface area contributed by atoms with E-state index in [1.807, 2.05) is 12.3 Å². The Morgan fingerprint density at radius 2 is 2.03 bits per heavy atom. The lowest BCUT2D eigenvalue weighted by atomic mass is 10.1. The zero-order valence-corrected chi connectivity index (χ0v) is 20.7. The van der Waals surface area contributed by atoms with Crippen molar-refractivity contribution < 1.29 is 13.3 Å². The number of rotatable bonds is 10. The number of halogens is 1. The lowest BCUT2D eigenvalue weighted by molar-refractivity contribution is -0.385. The minimum absolute atomic E-state index is 0. The summed E-state index contributed by atoms with van der Waals surface area (Å²) in [5, 5.41) is 21.2. The molecule has 0 saturated carbocycles. The first kappa shape index (κ1) is 26.3. The molecular formula is C18H26IN5O4S2. The molecule has 2 rings (SSSR count). The molecule has 1 unspecified atom stereocenters. The van der Waals surface area contributed by atoms with Gasteiger partial charge < -0.3 is 10.6 Å². The first-order valence-electron chi connectivity index (χ1n) is 9.12. The van der Waals surface area contributed by atoms with Crippen LogP contribution < -0.4 is 15.4 Å². The van der Waals surface area contributed by atoms with E-state index in [1.54, 1.807) is 11.3 Å². The third-order valence-corrected chi connectivity index (χ3v) is 6.19. The van der Waals surface area contributed by atoms with Gasteiger partial charge >= 0.3 is 0 Å². The average Bonchev–Trinajstić information content (AvgIpc) is 3.24. The topological polar surface area (TPSA) is 126 Å². The Labute approximate surface area is 197 Å². The van der Waals surface area contributed by atoms with Crippen LogP contribution in [0.4, 0.5) is 5.69 Å². The van der Waals surface area contributed by atoms with E-state index in [0.717, 1.165) is 6.07 Å². The number of nitrogens with one attached hydrogen (secondary N) is 3. The van der Waals surface area contributed by atoms with Crippen molar-refractivity contribution >= 4 is 57.0 Å². The van der Waals surface area contributed by atoms with Crippen LogP contribution >= 0.6 is 35.3 Å². The van der Waals surface area contributed by atoms with Crippen molar-refractivity contribution in [1.82, 2.24) is 15.4 Å². The van der Waals surface area contributed by atoms with Gasteiger partial charge in [-0.1, -0.05) is 13.0 Å². The number of hydrogen-bond acceptors (Lipinski definition) is 6. The number of thiophene rings is 1. The molecule has 0 spiro atoms. The highest BCUT2D eigenvalue weighted by Crippen LogP contribution is 2.18. The van der Waals surface area contributed by atoms with Crippen molar-refractivity contribution in [2.24, 2.45) is 4.99 Å². The zero-order valence-electron chi connectivity index (χ0n) is 16.7. The quantitative estimate of drug-likeness (QED) is 0.101. The molecular weight excluding hydrogens is 541 g/mol. The van der Waals surface area contributed by atoms with E-state index in [-0.39, 0.29) is 47.0 Å². The number of aliphatic imine (C=N–C) groups is 1. The van der Waals surface area contributed by atoms with E-state index >= 15 is 0 Å². The first-order chi connectivity index (χ1) is 13.8. The summed E-state index contributed by atoms with van der Waals surface area (Å²) in [5.41, 5.74) is 0.964. The maximum atomic E-state index is 12.3. The molecule has 1 atom stereocenters. The van der Waals surface area contributed by atoms with E-state index in [1.165, 1.54) is 23.8 Å². The summed E-state index contributed by atoms with van der Waals surface area (Å²) in [7, 11) is -3.84. The molecule has 0 aliphatic carbocycles. The number of non-ortho nitro benzene ring substituents is 1. The van der Waals surface area contributed by atoms with Gasteiger partial charge in [0, 0.05) is 44.2 Å². The van der Waals surface area contributed by atoms with Gasteiger partial charge in [-0.25, -0.2) is 13.1 Å². The molecule has 166 valence electrons. The number of guanidine groups is 1. The molecule has 9 nitrogen and oxygen atoms in total. The minimum Gasteiger partial charge on any atom is -0.357 e. The Bertz CT molecular complexity index is 936.